The SMILES string of the molecule is CO.CO.O=[N+]([O-])c1cc(S(=O)(=O)Nc2ncnc3cc(N4CCC(Cc5cc(Cl)ccc5-c5ccccc5)CC4)ccc23)ccc1NC(CCN1CCOCC1)CSc1ccccc1.O=[N+]([O-])c1cc(S(=O)(=O)Nc2ncnc3cc(N4CCC(Cc5cc(Cl)ccc5-c5ccccc5)CC4)ccc23)ccc1NCCSc1ccccc1. The highest BCUT2D eigenvalue weighted by atomic mass is 35.5. The summed E-state index contributed by atoms with van der Waals surface area (Å²) < 4.78 is 65.3. The third-order valence-electron chi connectivity index (χ3n) is 20.8. The number of rotatable bonds is 29. The average Bonchev–Trinajstić information content (AvgIpc) is 0.786. The quantitative estimate of drug-likeness (QED) is 0.0110. The van der Waals surface area contributed by atoms with Gasteiger partial charge >= 0.3 is 0 Å². The molecular formula is C88H93Cl2N13O11S4. The first-order valence-corrected chi connectivity index (χ1v) is 44.5. The number of nitro groups is 2. The Morgan fingerprint density at radius 1 is 0.508 bits per heavy atom. The maximum atomic E-state index is 13.8. The summed E-state index contributed by atoms with van der Waals surface area (Å²) in [5.74, 6) is 2.53. The van der Waals surface area contributed by atoms with Gasteiger partial charge in [0.15, 0.2) is 11.6 Å². The Labute approximate surface area is 706 Å². The van der Waals surface area contributed by atoms with E-state index >= 15 is 0 Å². The summed E-state index contributed by atoms with van der Waals surface area (Å²) in [6.45, 7) is 7.77. The first kappa shape index (κ1) is 86.8. The Hall–Kier alpha value is -10.5. The molecule has 1 unspecified atom stereocenters. The molecule has 2 aromatic heterocycles. The molecule has 5 heterocycles. The van der Waals surface area contributed by atoms with Gasteiger partial charge in [0.1, 0.15) is 24.0 Å². The Bertz CT molecular complexity index is 5590. The van der Waals surface area contributed by atoms with E-state index in [4.69, 9.17) is 38.2 Å². The molecule has 118 heavy (non-hydrogen) atoms. The van der Waals surface area contributed by atoms with Crippen LogP contribution >= 0.6 is 46.7 Å². The number of aliphatic hydroxyl groups is 2. The lowest BCUT2D eigenvalue weighted by atomic mass is 9.87. The molecule has 1 atom stereocenters. The summed E-state index contributed by atoms with van der Waals surface area (Å²) in [5, 5.41) is 47.4. The van der Waals surface area contributed by atoms with Gasteiger partial charge in [-0.05, 0) is 199 Å². The van der Waals surface area contributed by atoms with E-state index in [0.29, 0.717) is 64.9 Å². The molecule has 30 heteroatoms. The van der Waals surface area contributed by atoms with Crippen molar-refractivity contribution in [2.75, 3.05) is 121 Å². The van der Waals surface area contributed by atoms with Crippen molar-refractivity contribution in [3.63, 3.8) is 0 Å². The topological polar surface area (TPSA) is 314 Å². The highest BCUT2D eigenvalue weighted by Crippen LogP contribution is 2.39. The van der Waals surface area contributed by atoms with E-state index in [9.17, 15) is 37.1 Å². The van der Waals surface area contributed by atoms with Crippen LogP contribution in [0.15, 0.2) is 263 Å². The van der Waals surface area contributed by atoms with E-state index in [-0.39, 0.29) is 50.2 Å². The van der Waals surface area contributed by atoms with Crippen LogP contribution in [0.1, 0.15) is 43.2 Å². The zero-order valence-corrected chi connectivity index (χ0v) is 70.0. The second kappa shape index (κ2) is 42.2. The molecule has 15 rings (SSSR count). The summed E-state index contributed by atoms with van der Waals surface area (Å²) in [6.07, 6.45) is 9.31. The summed E-state index contributed by atoms with van der Waals surface area (Å²) in [4.78, 5) is 49.4. The summed E-state index contributed by atoms with van der Waals surface area (Å²) in [7, 11) is -6.50. The van der Waals surface area contributed by atoms with Gasteiger partial charge in [-0.3, -0.25) is 34.6 Å². The van der Waals surface area contributed by atoms with Gasteiger partial charge in [-0.1, -0.05) is 132 Å². The summed E-state index contributed by atoms with van der Waals surface area (Å²) in [6, 6.07) is 72.1. The molecule has 0 bridgehead atoms. The van der Waals surface area contributed by atoms with Crippen molar-refractivity contribution in [3.05, 3.63) is 285 Å². The van der Waals surface area contributed by atoms with Crippen molar-refractivity contribution in [1.82, 2.24) is 24.8 Å². The van der Waals surface area contributed by atoms with Crippen LogP contribution in [-0.4, -0.2) is 159 Å². The van der Waals surface area contributed by atoms with E-state index < -0.39 is 29.9 Å². The number of hydrogen-bond acceptors (Lipinski definition) is 22. The summed E-state index contributed by atoms with van der Waals surface area (Å²) >= 11 is 16.2. The van der Waals surface area contributed by atoms with Crippen LogP contribution in [0, 0.1) is 32.1 Å². The minimum Gasteiger partial charge on any atom is -0.400 e. The molecule has 0 spiro atoms. The Morgan fingerprint density at radius 3 is 1.40 bits per heavy atom. The fourth-order valence-corrected chi connectivity index (χ4v) is 19.1. The van der Waals surface area contributed by atoms with Gasteiger partial charge in [-0.25, -0.2) is 36.8 Å². The molecule has 3 fully saturated rings. The average molecular weight is 1710 g/mol. The molecule has 10 aromatic carbocycles. The lowest BCUT2D eigenvalue weighted by molar-refractivity contribution is -0.384. The Balaban J connectivity index is 0.000000210. The van der Waals surface area contributed by atoms with Crippen LogP contribution in [0.2, 0.25) is 10.0 Å². The molecule has 12 aromatic rings. The van der Waals surface area contributed by atoms with E-state index in [1.54, 1.807) is 23.5 Å². The minimum atomic E-state index is -4.28. The maximum absolute atomic E-state index is 13.8. The van der Waals surface area contributed by atoms with Crippen LogP contribution in [0.4, 0.5) is 45.8 Å². The predicted molar refractivity (Wildman–Crippen MR) is 476 cm³/mol. The number of piperidine rings is 2. The molecular weight excluding hydrogens is 1610 g/mol. The van der Waals surface area contributed by atoms with Gasteiger partial charge in [-0.2, -0.15) is 0 Å². The van der Waals surface area contributed by atoms with Gasteiger partial charge in [0.2, 0.25) is 0 Å². The highest BCUT2D eigenvalue weighted by Gasteiger charge is 2.29. The third-order valence-corrected chi connectivity index (χ3v) is 26.1. The standard InChI is InChI=1S/C46H48ClN7O5S2.C40H37ClN6O4S2.2CH4O/c47-36-11-14-41(34-7-3-1-4-8-34)35(28-36)27-33-17-21-53(22-18-33)38-12-15-42-44(29-38)48-32-49-46(42)51-61(57,58)40-13-16-43(45(30-40)54(55)56)50-37(19-20-52-23-25-59-26-24-52)31-60-39-9-5-2-6-10-39;41-31-11-14-35(29-7-3-1-4-8-29)30(24-31)23-28-17-20-46(21-18-28)32-12-15-36-38(25-32)43-27-44-40(36)45-53(50,51)34-13-16-37(39(26-34)47(48)49)42-19-22-52-33-9-5-2-6-10-33;2*1-2/h1-16,28-30,32-33,37,50H,17-27,31H2,(H,48,49,51);1-16,24-28,42H,17-23H2,(H,43,44,45);2*2H,1H3. The number of aliphatic hydroxyl groups excluding tert-OH is 2. The van der Waals surface area contributed by atoms with E-state index in [0.717, 1.165) is 148 Å². The fraction of sp³-hybridized carbons (Fsp3) is 0.273. The van der Waals surface area contributed by atoms with Crippen LogP contribution < -0.4 is 29.9 Å². The first-order chi connectivity index (χ1) is 57.4. The summed E-state index contributed by atoms with van der Waals surface area (Å²) in [5.41, 5.74) is 10.3. The number of ether oxygens (including phenoxy) is 1. The smallest absolute Gasteiger partial charge is 0.293 e. The van der Waals surface area contributed by atoms with Gasteiger partial charge in [0, 0.05) is 138 Å². The number of benzene rings is 10. The molecule has 614 valence electrons. The maximum Gasteiger partial charge on any atom is 0.293 e. The number of nitrogens with one attached hydrogen (secondary N) is 4. The molecule has 3 aliphatic heterocycles. The number of sulfonamides is 2. The van der Waals surface area contributed by atoms with E-state index in [2.05, 4.69) is 128 Å². The van der Waals surface area contributed by atoms with Crippen molar-refractivity contribution in [2.24, 2.45) is 11.8 Å². The van der Waals surface area contributed by atoms with Crippen LogP contribution in [0.5, 0.6) is 0 Å². The number of nitro benzene ring substituents is 2. The number of halogens is 2. The zero-order chi connectivity index (χ0) is 83.0. The van der Waals surface area contributed by atoms with Crippen LogP contribution in [0.25, 0.3) is 44.1 Å². The Kier molecular flexibility index (Phi) is 31.1. The van der Waals surface area contributed by atoms with Crippen LogP contribution in [-0.2, 0) is 37.6 Å². The molecule has 3 aliphatic rings. The fourth-order valence-electron chi connectivity index (χ4n) is 14.8. The second-order valence-corrected chi connectivity index (χ2v) is 34.8. The van der Waals surface area contributed by atoms with Gasteiger partial charge < -0.3 is 35.4 Å². The zero-order valence-electron chi connectivity index (χ0n) is 65.2. The molecule has 0 aliphatic carbocycles. The lowest BCUT2D eigenvalue weighted by Gasteiger charge is -2.34. The second-order valence-electron chi connectivity index (χ2n) is 28.3. The van der Waals surface area contributed by atoms with E-state index in [1.807, 2.05) is 121 Å². The Morgan fingerprint density at radius 2 is 0.941 bits per heavy atom. The monoisotopic (exact) mass is 1710 g/mol. The third kappa shape index (κ3) is 23.3. The number of thioether (sulfide) groups is 2. The van der Waals surface area contributed by atoms with Crippen molar-refractivity contribution in [1.29, 1.82) is 0 Å². The van der Waals surface area contributed by atoms with Crippen LogP contribution in [0.3, 0.4) is 0 Å². The van der Waals surface area contributed by atoms with Gasteiger partial charge in [0.25, 0.3) is 31.4 Å². The molecule has 24 nitrogen and oxygen atoms in total. The molecule has 3 saturated heterocycles. The van der Waals surface area contributed by atoms with E-state index in [1.165, 1.54) is 70.3 Å². The van der Waals surface area contributed by atoms with Gasteiger partial charge in [0.05, 0.1) is 43.9 Å². The number of anilines is 6. The first-order valence-electron chi connectivity index (χ1n) is 38.8. The number of nitrogens with zero attached hydrogens (tertiary/aromatic N) is 9. The molecule has 6 N–H and O–H groups in total. The molecule has 0 radical (unpaired) electrons. The number of morpholine rings is 1. The molecule has 0 amide bonds. The number of fused-ring (bicyclic) bond motifs is 2. The van der Waals surface area contributed by atoms with Crippen molar-refractivity contribution in [2.45, 2.75) is 70.6 Å². The predicted octanol–water partition coefficient (Wildman–Crippen LogP) is 18.0. The normalized spacial score (nSPS) is 14.3. The minimum absolute atomic E-state index is 0.0944. The molecule has 0 saturated carbocycles. The highest BCUT2D eigenvalue weighted by molar-refractivity contribution is 7.99. The number of hydrogen-bond donors (Lipinski definition) is 6. The van der Waals surface area contributed by atoms with Crippen molar-refractivity contribution in [3.8, 4) is 22.3 Å². The largest absolute Gasteiger partial charge is 0.400 e. The lowest BCUT2D eigenvalue weighted by Crippen LogP contribution is -2.39. The van der Waals surface area contributed by atoms with Crippen molar-refractivity contribution < 1.29 is 41.6 Å². The van der Waals surface area contributed by atoms with Crippen molar-refractivity contribution >= 4 is 134 Å². The number of aromatic nitrogens is 4. The van der Waals surface area contributed by atoms with Gasteiger partial charge in [-0.15, -0.1) is 23.5 Å².